The van der Waals surface area contributed by atoms with E-state index in [1.807, 2.05) is 19.1 Å². The number of hydrogen-bond donors (Lipinski definition) is 2. The fourth-order valence-corrected chi connectivity index (χ4v) is 2.45. The van der Waals surface area contributed by atoms with E-state index in [0.717, 1.165) is 10.9 Å². The van der Waals surface area contributed by atoms with Gasteiger partial charge in [-0.15, -0.1) is 0 Å². The number of furan rings is 1. The standard InChI is InChI=1S/C12H18N2OS/c1-9(11-7-4-8-15-11)13-12(16)14-10-5-2-3-6-10/h4,7-10H,2-3,5-6H2,1H3,(H2,13,14,16). The van der Waals surface area contributed by atoms with Gasteiger partial charge in [0.15, 0.2) is 5.11 Å². The lowest BCUT2D eigenvalue weighted by atomic mass is 10.2. The molecule has 1 saturated carbocycles. The molecule has 3 nitrogen and oxygen atoms in total. The summed E-state index contributed by atoms with van der Waals surface area (Å²) in [5.41, 5.74) is 0. The van der Waals surface area contributed by atoms with Crippen molar-refractivity contribution >= 4 is 17.3 Å². The molecule has 0 radical (unpaired) electrons. The fraction of sp³-hybridized carbons (Fsp3) is 0.583. The van der Waals surface area contributed by atoms with Gasteiger partial charge in [-0.05, 0) is 44.1 Å². The first kappa shape index (κ1) is 11.5. The van der Waals surface area contributed by atoms with Crippen molar-refractivity contribution in [2.75, 3.05) is 0 Å². The summed E-state index contributed by atoms with van der Waals surface area (Å²) in [7, 11) is 0. The highest BCUT2D eigenvalue weighted by atomic mass is 32.1. The molecule has 2 N–H and O–H groups in total. The van der Waals surface area contributed by atoms with E-state index in [4.69, 9.17) is 16.6 Å². The van der Waals surface area contributed by atoms with Gasteiger partial charge in [0.2, 0.25) is 0 Å². The van der Waals surface area contributed by atoms with Crippen molar-refractivity contribution < 1.29 is 4.42 Å². The molecule has 1 aliphatic carbocycles. The summed E-state index contributed by atoms with van der Waals surface area (Å²) in [5.74, 6) is 0.913. The molecule has 0 amide bonds. The van der Waals surface area contributed by atoms with Crippen LogP contribution in [0.15, 0.2) is 22.8 Å². The van der Waals surface area contributed by atoms with E-state index in [0.29, 0.717) is 6.04 Å². The van der Waals surface area contributed by atoms with Crippen LogP contribution in [0, 0.1) is 0 Å². The third-order valence-corrected chi connectivity index (χ3v) is 3.24. The second kappa shape index (κ2) is 5.34. The molecule has 0 aliphatic heterocycles. The summed E-state index contributed by atoms with van der Waals surface area (Å²) in [5, 5.41) is 7.32. The molecule has 1 unspecified atom stereocenters. The predicted octanol–water partition coefficient (Wildman–Crippen LogP) is 2.75. The Morgan fingerprint density at radius 3 is 2.88 bits per heavy atom. The Bertz CT molecular complexity index is 331. The van der Waals surface area contributed by atoms with E-state index in [1.54, 1.807) is 6.26 Å². The topological polar surface area (TPSA) is 37.2 Å². The molecule has 1 fully saturated rings. The van der Waals surface area contributed by atoms with E-state index in [1.165, 1.54) is 25.7 Å². The lowest BCUT2D eigenvalue weighted by Gasteiger charge is -2.18. The molecule has 1 aromatic heterocycles. The van der Waals surface area contributed by atoms with E-state index < -0.39 is 0 Å². The first-order valence-electron chi connectivity index (χ1n) is 5.86. The second-order valence-electron chi connectivity index (χ2n) is 4.34. The summed E-state index contributed by atoms with van der Waals surface area (Å²) < 4.78 is 5.32. The normalized spacial score (nSPS) is 18.3. The van der Waals surface area contributed by atoms with Crippen molar-refractivity contribution in [1.82, 2.24) is 10.6 Å². The van der Waals surface area contributed by atoms with Crippen LogP contribution in [0.4, 0.5) is 0 Å². The Labute approximate surface area is 102 Å². The van der Waals surface area contributed by atoms with Gasteiger partial charge in [-0.25, -0.2) is 0 Å². The number of hydrogen-bond acceptors (Lipinski definition) is 2. The van der Waals surface area contributed by atoms with Crippen molar-refractivity contribution in [3.8, 4) is 0 Å². The van der Waals surface area contributed by atoms with Crippen LogP contribution in [0.1, 0.15) is 44.4 Å². The van der Waals surface area contributed by atoms with E-state index in [-0.39, 0.29) is 6.04 Å². The zero-order valence-electron chi connectivity index (χ0n) is 9.53. The van der Waals surface area contributed by atoms with Crippen molar-refractivity contribution in [2.24, 2.45) is 0 Å². The van der Waals surface area contributed by atoms with Crippen LogP contribution in [-0.4, -0.2) is 11.2 Å². The van der Waals surface area contributed by atoms with Crippen LogP contribution < -0.4 is 10.6 Å². The van der Waals surface area contributed by atoms with Crippen LogP contribution in [0.25, 0.3) is 0 Å². The molecule has 1 aromatic rings. The fourth-order valence-electron chi connectivity index (χ4n) is 2.10. The molecule has 1 heterocycles. The van der Waals surface area contributed by atoms with E-state index >= 15 is 0 Å². The van der Waals surface area contributed by atoms with Crippen molar-refractivity contribution in [1.29, 1.82) is 0 Å². The summed E-state index contributed by atoms with van der Waals surface area (Å²) in [6.45, 7) is 2.04. The average Bonchev–Trinajstić information content (AvgIpc) is 2.88. The van der Waals surface area contributed by atoms with E-state index in [2.05, 4.69) is 10.6 Å². The third-order valence-electron chi connectivity index (χ3n) is 3.01. The minimum atomic E-state index is 0.122. The zero-order valence-corrected chi connectivity index (χ0v) is 10.3. The minimum Gasteiger partial charge on any atom is -0.467 e. The Morgan fingerprint density at radius 1 is 1.50 bits per heavy atom. The van der Waals surface area contributed by atoms with Gasteiger partial charge in [0.1, 0.15) is 5.76 Å². The van der Waals surface area contributed by atoms with Gasteiger partial charge in [-0.3, -0.25) is 0 Å². The number of rotatable bonds is 3. The first-order chi connectivity index (χ1) is 7.75. The van der Waals surface area contributed by atoms with Crippen LogP contribution in [0.5, 0.6) is 0 Å². The van der Waals surface area contributed by atoms with Crippen molar-refractivity contribution in [3.05, 3.63) is 24.2 Å². The lowest BCUT2D eigenvalue weighted by molar-refractivity contribution is 0.460. The van der Waals surface area contributed by atoms with Crippen molar-refractivity contribution in [3.63, 3.8) is 0 Å². The summed E-state index contributed by atoms with van der Waals surface area (Å²) in [6.07, 6.45) is 6.77. The monoisotopic (exact) mass is 238 g/mol. The van der Waals surface area contributed by atoms with Gasteiger partial charge in [0.25, 0.3) is 0 Å². The van der Waals surface area contributed by atoms with Gasteiger partial charge >= 0.3 is 0 Å². The van der Waals surface area contributed by atoms with Crippen LogP contribution in [-0.2, 0) is 0 Å². The maximum Gasteiger partial charge on any atom is 0.167 e. The second-order valence-corrected chi connectivity index (χ2v) is 4.74. The van der Waals surface area contributed by atoms with Gasteiger partial charge in [-0.1, -0.05) is 12.8 Å². The summed E-state index contributed by atoms with van der Waals surface area (Å²) >= 11 is 5.28. The quantitative estimate of drug-likeness (QED) is 0.794. The molecular formula is C12H18N2OS. The zero-order chi connectivity index (χ0) is 11.4. The van der Waals surface area contributed by atoms with Gasteiger partial charge in [-0.2, -0.15) is 0 Å². The highest BCUT2D eigenvalue weighted by Gasteiger charge is 2.16. The first-order valence-corrected chi connectivity index (χ1v) is 6.27. The lowest BCUT2D eigenvalue weighted by Crippen LogP contribution is -2.41. The van der Waals surface area contributed by atoms with Crippen LogP contribution in [0.2, 0.25) is 0 Å². The largest absolute Gasteiger partial charge is 0.467 e. The highest BCUT2D eigenvalue weighted by molar-refractivity contribution is 7.80. The van der Waals surface area contributed by atoms with E-state index in [9.17, 15) is 0 Å². The van der Waals surface area contributed by atoms with Gasteiger partial charge < -0.3 is 15.1 Å². The maximum atomic E-state index is 5.32. The Hall–Kier alpha value is -1.03. The minimum absolute atomic E-state index is 0.122. The molecule has 88 valence electrons. The molecular weight excluding hydrogens is 220 g/mol. The Kier molecular flexibility index (Phi) is 3.83. The molecule has 0 aromatic carbocycles. The van der Waals surface area contributed by atoms with Crippen LogP contribution >= 0.6 is 12.2 Å². The molecule has 16 heavy (non-hydrogen) atoms. The molecule has 1 aliphatic rings. The smallest absolute Gasteiger partial charge is 0.167 e. The molecule has 0 saturated heterocycles. The van der Waals surface area contributed by atoms with Crippen molar-refractivity contribution in [2.45, 2.75) is 44.7 Å². The number of thiocarbonyl (C=S) groups is 1. The van der Waals surface area contributed by atoms with Crippen LogP contribution in [0.3, 0.4) is 0 Å². The summed E-state index contributed by atoms with van der Waals surface area (Å²) in [4.78, 5) is 0. The van der Waals surface area contributed by atoms with Gasteiger partial charge in [0, 0.05) is 6.04 Å². The molecule has 0 spiro atoms. The molecule has 4 heteroatoms. The molecule has 1 atom stereocenters. The summed E-state index contributed by atoms with van der Waals surface area (Å²) in [6, 6.07) is 4.52. The third kappa shape index (κ3) is 2.98. The predicted molar refractivity (Wildman–Crippen MR) is 68.2 cm³/mol. The highest BCUT2D eigenvalue weighted by Crippen LogP contribution is 2.18. The average molecular weight is 238 g/mol. The maximum absolute atomic E-state index is 5.32. The molecule has 2 rings (SSSR count). The number of nitrogens with one attached hydrogen (secondary N) is 2. The van der Waals surface area contributed by atoms with Gasteiger partial charge in [0.05, 0.1) is 12.3 Å². The SMILES string of the molecule is CC(NC(=S)NC1CCCC1)c1ccco1. The molecule has 0 bridgehead atoms. The Morgan fingerprint density at radius 2 is 2.25 bits per heavy atom. The Balaban J connectivity index is 1.78.